The standard InChI is InChI=1S/C26H22F3N5O3.C15H10F3N3O/c27-26(28,29)18-5-2-7-20(14-18)34-25(36)23-17(15-30-34)4-1-8-21(23)32-24(35)22-9-3-6-19(31-22)16-33-10-12-37-13-11-33;16-15(17,18)10-4-2-5-11(7-10)21-14(22)13-9(8-20-21)3-1-6-12(13)19/h1-9,14-15H,10-13,16H2,(H,32,35);1-8H,19H2. The number of amides is 1. The van der Waals surface area contributed by atoms with Crippen LogP contribution in [0.3, 0.4) is 0 Å². The Labute approximate surface area is 330 Å². The monoisotopic (exact) mass is 814 g/mol. The number of alkyl halides is 6. The SMILES string of the molecule is Nc1cccc2cnn(-c3cccc(C(F)(F)F)c3)c(=O)c12.O=C(Nc1cccc2cnn(-c3cccc(C(F)(F)F)c3)c(=O)c12)c1cccc(CN2CCOCC2)n1. The van der Waals surface area contributed by atoms with Gasteiger partial charge in [-0.2, -0.15) is 45.9 Å². The van der Waals surface area contributed by atoms with Crippen LogP contribution in [0.2, 0.25) is 0 Å². The van der Waals surface area contributed by atoms with Crippen molar-refractivity contribution in [2.45, 2.75) is 18.9 Å². The second-order valence-corrected chi connectivity index (χ2v) is 13.3. The molecule has 1 fully saturated rings. The second-order valence-electron chi connectivity index (χ2n) is 13.3. The van der Waals surface area contributed by atoms with Crippen molar-refractivity contribution < 1.29 is 35.9 Å². The summed E-state index contributed by atoms with van der Waals surface area (Å²) in [5.74, 6) is -0.516. The molecular formula is C41H32F6N8O4. The summed E-state index contributed by atoms with van der Waals surface area (Å²) < 4.78 is 85.1. The highest BCUT2D eigenvalue weighted by Crippen LogP contribution is 2.31. The van der Waals surface area contributed by atoms with Gasteiger partial charge in [-0.05, 0) is 60.7 Å². The number of rotatable bonds is 6. The van der Waals surface area contributed by atoms with E-state index < -0.39 is 40.5 Å². The summed E-state index contributed by atoms with van der Waals surface area (Å²) in [6, 6.07) is 23.6. The molecule has 8 rings (SSSR count). The quantitative estimate of drug-likeness (QED) is 0.136. The van der Waals surface area contributed by atoms with Crippen LogP contribution in [-0.4, -0.2) is 61.7 Å². The summed E-state index contributed by atoms with van der Waals surface area (Å²) in [5.41, 5.74) is 4.16. The van der Waals surface area contributed by atoms with E-state index in [0.29, 0.717) is 30.5 Å². The summed E-state index contributed by atoms with van der Waals surface area (Å²) in [7, 11) is 0. The fraction of sp³-hybridized carbons (Fsp3) is 0.171. The number of nitrogen functional groups attached to an aromatic ring is 1. The van der Waals surface area contributed by atoms with Crippen molar-refractivity contribution in [1.29, 1.82) is 0 Å². The van der Waals surface area contributed by atoms with Crippen molar-refractivity contribution in [3.05, 3.63) is 159 Å². The molecule has 7 aromatic rings. The molecule has 302 valence electrons. The van der Waals surface area contributed by atoms with Gasteiger partial charge < -0.3 is 15.8 Å². The van der Waals surface area contributed by atoms with Gasteiger partial charge in [0.2, 0.25) is 0 Å². The van der Waals surface area contributed by atoms with Gasteiger partial charge in [0.15, 0.2) is 0 Å². The molecule has 1 amide bonds. The third-order valence-corrected chi connectivity index (χ3v) is 9.28. The van der Waals surface area contributed by atoms with Crippen LogP contribution in [0.25, 0.3) is 32.9 Å². The number of hydrogen-bond donors (Lipinski definition) is 2. The van der Waals surface area contributed by atoms with Gasteiger partial charge in [-0.3, -0.25) is 19.3 Å². The second kappa shape index (κ2) is 16.5. The molecule has 1 aliphatic rings. The highest BCUT2D eigenvalue weighted by molar-refractivity contribution is 6.08. The van der Waals surface area contributed by atoms with Crippen LogP contribution in [0.5, 0.6) is 0 Å². The summed E-state index contributed by atoms with van der Waals surface area (Å²) >= 11 is 0. The van der Waals surface area contributed by atoms with Crippen LogP contribution in [0.15, 0.2) is 125 Å². The van der Waals surface area contributed by atoms with Crippen molar-refractivity contribution >= 4 is 38.8 Å². The molecule has 0 spiro atoms. The molecule has 0 unspecified atom stereocenters. The number of morpholine rings is 1. The molecule has 0 saturated carbocycles. The Bertz CT molecular complexity index is 2800. The van der Waals surface area contributed by atoms with E-state index in [1.807, 2.05) is 6.07 Å². The van der Waals surface area contributed by atoms with Crippen LogP contribution in [0.4, 0.5) is 37.7 Å². The summed E-state index contributed by atoms with van der Waals surface area (Å²) in [6.45, 7) is 3.43. The van der Waals surface area contributed by atoms with E-state index >= 15 is 0 Å². The number of carbonyl (C=O) groups is 1. The lowest BCUT2D eigenvalue weighted by Gasteiger charge is -2.26. The van der Waals surface area contributed by atoms with Crippen LogP contribution in [-0.2, 0) is 23.6 Å². The minimum Gasteiger partial charge on any atom is -0.398 e. The molecule has 0 atom stereocenters. The van der Waals surface area contributed by atoms with Crippen molar-refractivity contribution in [3.63, 3.8) is 0 Å². The lowest BCUT2D eigenvalue weighted by molar-refractivity contribution is -0.138. The Morgan fingerprint density at radius 2 is 1.22 bits per heavy atom. The number of fused-ring (bicyclic) bond motifs is 2. The molecule has 59 heavy (non-hydrogen) atoms. The van der Waals surface area contributed by atoms with Crippen molar-refractivity contribution in [2.24, 2.45) is 0 Å². The van der Waals surface area contributed by atoms with E-state index in [4.69, 9.17) is 10.5 Å². The summed E-state index contributed by atoms with van der Waals surface area (Å²) in [4.78, 5) is 45.5. The minimum atomic E-state index is -4.57. The third-order valence-electron chi connectivity index (χ3n) is 9.28. The van der Waals surface area contributed by atoms with Gasteiger partial charge in [0.1, 0.15) is 5.69 Å². The molecule has 4 aromatic carbocycles. The van der Waals surface area contributed by atoms with E-state index in [0.717, 1.165) is 52.4 Å². The zero-order chi connectivity index (χ0) is 41.9. The lowest BCUT2D eigenvalue weighted by Crippen LogP contribution is -2.36. The molecule has 0 radical (unpaired) electrons. The van der Waals surface area contributed by atoms with E-state index in [-0.39, 0.29) is 39.2 Å². The third kappa shape index (κ3) is 8.98. The van der Waals surface area contributed by atoms with Crippen molar-refractivity contribution in [2.75, 3.05) is 37.4 Å². The first-order chi connectivity index (χ1) is 28.2. The molecule has 1 aliphatic heterocycles. The fourth-order valence-electron chi connectivity index (χ4n) is 6.39. The van der Waals surface area contributed by atoms with Gasteiger partial charge in [0.05, 0.1) is 70.3 Å². The first-order valence-corrected chi connectivity index (χ1v) is 17.9. The molecule has 4 heterocycles. The van der Waals surface area contributed by atoms with E-state index in [1.54, 1.807) is 48.5 Å². The van der Waals surface area contributed by atoms with E-state index in [2.05, 4.69) is 25.4 Å². The molecule has 1 saturated heterocycles. The Hall–Kier alpha value is -6.92. The van der Waals surface area contributed by atoms with Crippen LogP contribution in [0, 0.1) is 0 Å². The predicted octanol–water partition coefficient (Wildman–Crippen LogP) is 6.87. The number of halogens is 6. The number of anilines is 2. The molecule has 3 aromatic heterocycles. The highest BCUT2D eigenvalue weighted by atomic mass is 19.4. The first kappa shape index (κ1) is 40.3. The van der Waals surface area contributed by atoms with Crippen LogP contribution >= 0.6 is 0 Å². The highest BCUT2D eigenvalue weighted by Gasteiger charge is 2.32. The zero-order valence-electron chi connectivity index (χ0n) is 30.7. The van der Waals surface area contributed by atoms with Gasteiger partial charge in [-0.25, -0.2) is 4.98 Å². The number of pyridine rings is 1. The average Bonchev–Trinajstić information content (AvgIpc) is 3.21. The molecular weight excluding hydrogens is 782 g/mol. The fourth-order valence-corrected chi connectivity index (χ4v) is 6.39. The van der Waals surface area contributed by atoms with Gasteiger partial charge in [-0.15, -0.1) is 0 Å². The number of aromatic nitrogens is 5. The van der Waals surface area contributed by atoms with Gasteiger partial charge in [0.25, 0.3) is 17.0 Å². The van der Waals surface area contributed by atoms with Gasteiger partial charge in [-0.1, -0.05) is 42.5 Å². The Balaban J connectivity index is 0.000000204. The number of ether oxygens (including phenoxy) is 1. The Kier molecular flexibility index (Phi) is 11.3. The summed E-state index contributed by atoms with van der Waals surface area (Å²) in [6.07, 6.45) is -6.30. The van der Waals surface area contributed by atoms with Crippen LogP contribution in [0.1, 0.15) is 27.3 Å². The van der Waals surface area contributed by atoms with Crippen molar-refractivity contribution in [1.82, 2.24) is 29.4 Å². The summed E-state index contributed by atoms with van der Waals surface area (Å²) in [5, 5.41) is 12.0. The number of nitrogens with one attached hydrogen (secondary N) is 1. The predicted molar refractivity (Wildman–Crippen MR) is 207 cm³/mol. The number of carbonyl (C=O) groups excluding carboxylic acids is 1. The van der Waals surface area contributed by atoms with E-state index in [1.165, 1.54) is 36.7 Å². The smallest absolute Gasteiger partial charge is 0.398 e. The van der Waals surface area contributed by atoms with Gasteiger partial charge >= 0.3 is 12.4 Å². The molecule has 3 N–H and O–H groups in total. The van der Waals surface area contributed by atoms with Crippen LogP contribution < -0.4 is 22.2 Å². The molecule has 18 heteroatoms. The average molecular weight is 815 g/mol. The first-order valence-electron chi connectivity index (χ1n) is 17.9. The number of benzene rings is 4. The normalized spacial score (nSPS) is 13.5. The topological polar surface area (TPSA) is 150 Å². The zero-order valence-corrected chi connectivity index (χ0v) is 30.7. The maximum absolute atomic E-state index is 13.3. The minimum absolute atomic E-state index is 0.0324. The van der Waals surface area contributed by atoms with Crippen molar-refractivity contribution in [3.8, 4) is 11.4 Å². The number of hydrogen-bond acceptors (Lipinski definition) is 9. The largest absolute Gasteiger partial charge is 0.416 e. The maximum atomic E-state index is 13.3. The Morgan fingerprint density at radius 3 is 1.81 bits per heavy atom. The number of nitrogens with zero attached hydrogens (tertiary/aromatic N) is 6. The molecule has 0 bridgehead atoms. The van der Waals surface area contributed by atoms with E-state index in [9.17, 15) is 40.7 Å². The molecule has 12 nitrogen and oxygen atoms in total. The molecule has 0 aliphatic carbocycles. The Morgan fingerprint density at radius 1 is 0.695 bits per heavy atom. The number of nitrogens with two attached hydrogens (primary N) is 1. The lowest BCUT2D eigenvalue weighted by atomic mass is 10.1. The maximum Gasteiger partial charge on any atom is 0.416 e. The van der Waals surface area contributed by atoms with Gasteiger partial charge in [0, 0.05) is 36.1 Å².